The smallest absolute Gasteiger partial charge is 0.251 e. The van der Waals surface area contributed by atoms with E-state index in [2.05, 4.69) is 10.6 Å². The Kier molecular flexibility index (Phi) is 5.49. The van der Waals surface area contributed by atoms with Gasteiger partial charge in [0, 0.05) is 12.1 Å². The van der Waals surface area contributed by atoms with E-state index < -0.39 is 11.8 Å². The van der Waals surface area contributed by atoms with Crippen molar-refractivity contribution in [2.75, 3.05) is 13.1 Å². The molecule has 6 N–H and O–H groups in total. The second kappa shape index (κ2) is 7.12. The van der Waals surface area contributed by atoms with Crippen LogP contribution in [0.25, 0.3) is 0 Å². The third kappa shape index (κ3) is 5.17. The van der Waals surface area contributed by atoms with Crippen LogP contribution in [-0.2, 0) is 16.1 Å². The molecule has 1 rings (SSSR count). The van der Waals surface area contributed by atoms with E-state index in [1.807, 2.05) is 0 Å². The predicted molar refractivity (Wildman–Crippen MR) is 68.9 cm³/mol. The maximum atomic E-state index is 11.7. The van der Waals surface area contributed by atoms with Crippen LogP contribution < -0.4 is 22.1 Å². The largest absolute Gasteiger partial charge is 0.368 e. The van der Waals surface area contributed by atoms with E-state index in [4.69, 9.17) is 11.5 Å². The van der Waals surface area contributed by atoms with Gasteiger partial charge >= 0.3 is 0 Å². The molecule has 0 spiro atoms. The van der Waals surface area contributed by atoms with Crippen molar-refractivity contribution in [1.82, 2.24) is 10.6 Å². The van der Waals surface area contributed by atoms with Gasteiger partial charge in [0.2, 0.25) is 11.8 Å². The Morgan fingerprint density at radius 1 is 1.00 bits per heavy atom. The lowest BCUT2D eigenvalue weighted by Crippen LogP contribution is -2.40. The molecule has 0 atom stereocenters. The van der Waals surface area contributed by atoms with Crippen molar-refractivity contribution in [1.29, 1.82) is 0 Å². The predicted octanol–water partition coefficient (Wildman–Crippen LogP) is -1.52. The van der Waals surface area contributed by atoms with Gasteiger partial charge in [-0.15, -0.1) is 0 Å². The molecule has 0 fully saturated rings. The highest BCUT2D eigenvalue weighted by Crippen LogP contribution is 2.03. The summed E-state index contributed by atoms with van der Waals surface area (Å²) in [6, 6.07) is 6.72. The molecule has 7 heteroatoms. The first-order valence-corrected chi connectivity index (χ1v) is 5.65. The number of primary amides is 1. The van der Waals surface area contributed by atoms with Gasteiger partial charge in [0.1, 0.15) is 0 Å². The van der Waals surface area contributed by atoms with Crippen molar-refractivity contribution < 1.29 is 14.4 Å². The summed E-state index contributed by atoms with van der Waals surface area (Å²) < 4.78 is 0. The van der Waals surface area contributed by atoms with E-state index in [1.165, 1.54) is 0 Å². The van der Waals surface area contributed by atoms with E-state index >= 15 is 0 Å². The monoisotopic (exact) mass is 264 g/mol. The molecule has 102 valence electrons. The average Bonchev–Trinajstić information content (AvgIpc) is 2.42. The van der Waals surface area contributed by atoms with Crippen LogP contribution in [0.15, 0.2) is 24.3 Å². The molecule has 1 aromatic rings. The molecule has 0 saturated carbocycles. The molecular weight excluding hydrogens is 248 g/mol. The van der Waals surface area contributed by atoms with Gasteiger partial charge < -0.3 is 22.1 Å². The van der Waals surface area contributed by atoms with Crippen LogP contribution in [-0.4, -0.2) is 30.8 Å². The van der Waals surface area contributed by atoms with Crippen molar-refractivity contribution in [2.45, 2.75) is 6.54 Å². The molecule has 0 aliphatic heterocycles. The average molecular weight is 264 g/mol. The minimum atomic E-state index is -0.642. The summed E-state index contributed by atoms with van der Waals surface area (Å²) in [5.74, 6) is -1.50. The fraction of sp³-hybridized carbons (Fsp3) is 0.250. The summed E-state index contributed by atoms with van der Waals surface area (Å²) >= 11 is 0. The number of hydrogen-bond donors (Lipinski definition) is 4. The van der Waals surface area contributed by atoms with Gasteiger partial charge in [-0.3, -0.25) is 14.4 Å². The molecule has 0 aliphatic rings. The standard InChI is InChI=1S/C12H16N4O3/c13-5-8-1-3-9(4-2-8)12(19)16-7-11(18)15-6-10(14)17/h1-4H,5-7,13H2,(H2,14,17)(H,15,18)(H,16,19). The van der Waals surface area contributed by atoms with E-state index in [0.29, 0.717) is 12.1 Å². The third-order valence-corrected chi connectivity index (χ3v) is 2.32. The van der Waals surface area contributed by atoms with Crippen LogP contribution in [0.4, 0.5) is 0 Å². The first-order chi connectivity index (χ1) is 9.02. The van der Waals surface area contributed by atoms with Crippen LogP contribution >= 0.6 is 0 Å². The molecule has 0 aromatic heterocycles. The molecule has 19 heavy (non-hydrogen) atoms. The second-order valence-corrected chi connectivity index (χ2v) is 3.83. The lowest BCUT2D eigenvalue weighted by atomic mass is 10.1. The molecule has 3 amide bonds. The summed E-state index contributed by atoms with van der Waals surface area (Å²) in [6.07, 6.45) is 0. The molecule has 7 nitrogen and oxygen atoms in total. The Bertz CT molecular complexity index is 470. The Balaban J connectivity index is 2.42. The number of amides is 3. The van der Waals surface area contributed by atoms with Gasteiger partial charge in [0.05, 0.1) is 13.1 Å². The van der Waals surface area contributed by atoms with E-state index in [1.54, 1.807) is 24.3 Å². The van der Waals surface area contributed by atoms with E-state index in [9.17, 15) is 14.4 Å². The summed E-state index contributed by atoms with van der Waals surface area (Å²) in [7, 11) is 0. The second-order valence-electron chi connectivity index (χ2n) is 3.83. The zero-order valence-electron chi connectivity index (χ0n) is 10.3. The van der Waals surface area contributed by atoms with Crippen molar-refractivity contribution in [3.8, 4) is 0 Å². The van der Waals surface area contributed by atoms with Gasteiger partial charge in [-0.05, 0) is 17.7 Å². The number of nitrogens with two attached hydrogens (primary N) is 2. The molecule has 0 saturated heterocycles. The van der Waals surface area contributed by atoms with Crippen LogP contribution in [0.5, 0.6) is 0 Å². The topological polar surface area (TPSA) is 127 Å². The lowest BCUT2D eigenvalue weighted by Gasteiger charge is -2.06. The minimum Gasteiger partial charge on any atom is -0.368 e. The summed E-state index contributed by atoms with van der Waals surface area (Å²) in [5.41, 5.74) is 11.6. The Morgan fingerprint density at radius 2 is 1.63 bits per heavy atom. The lowest BCUT2D eigenvalue weighted by molar-refractivity contribution is -0.124. The van der Waals surface area contributed by atoms with Crippen molar-refractivity contribution in [2.24, 2.45) is 11.5 Å². The maximum Gasteiger partial charge on any atom is 0.251 e. The van der Waals surface area contributed by atoms with E-state index in [-0.39, 0.29) is 19.0 Å². The van der Waals surface area contributed by atoms with Crippen molar-refractivity contribution >= 4 is 17.7 Å². The van der Waals surface area contributed by atoms with E-state index in [0.717, 1.165) is 5.56 Å². The summed E-state index contributed by atoms with van der Waals surface area (Å²) in [4.78, 5) is 33.3. The normalized spacial score (nSPS) is 9.74. The number of benzene rings is 1. The van der Waals surface area contributed by atoms with Crippen molar-refractivity contribution in [3.63, 3.8) is 0 Å². The number of carbonyl (C=O) groups is 3. The number of rotatable bonds is 6. The van der Waals surface area contributed by atoms with Crippen LogP contribution in [0.2, 0.25) is 0 Å². The molecule has 0 heterocycles. The van der Waals surface area contributed by atoms with Crippen molar-refractivity contribution in [3.05, 3.63) is 35.4 Å². The zero-order chi connectivity index (χ0) is 14.3. The quantitative estimate of drug-likeness (QED) is 0.497. The highest BCUT2D eigenvalue weighted by Gasteiger charge is 2.08. The van der Waals surface area contributed by atoms with Crippen LogP contribution in [0.3, 0.4) is 0 Å². The first kappa shape index (κ1) is 14.7. The van der Waals surface area contributed by atoms with Gasteiger partial charge in [0.15, 0.2) is 0 Å². The Labute approximate surface area is 110 Å². The first-order valence-electron chi connectivity index (χ1n) is 5.65. The maximum absolute atomic E-state index is 11.7. The zero-order valence-corrected chi connectivity index (χ0v) is 10.3. The van der Waals surface area contributed by atoms with Crippen LogP contribution in [0.1, 0.15) is 15.9 Å². The number of nitrogens with one attached hydrogen (secondary N) is 2. The summed E-state index contributed by atoms with van der Waals surface area (Å²) in [5, 5.41) is 4.69. The number of hydrogen-bond acceptors (Lipinski definition) is 4. The minimum absolute atomic E-state index is 0.218. The molecule has 0 aliphatic carbocycles. The van der Waals surface area contributed by atoms with Gasteiger partial charge in [0.25, 0.3) is 5.91 Å². The number of carbonyl (C=O) groups excluding carboxylic acids is 3. The Morgan fingerprint density at radius 3 is 2.16 bits per heavy atom. The highest BCUT2D eigenvalue weighted by molar-refractivity contribution is 5.96. The fourth-order valence-corrected chi connectivity index (χ4v) is 1.30. The highest BCUT2D eigenvalue weighted by atomic mass is 16.2. The summed E-state index contributed by atoms with van der Waals surface area (Å²) in [6.45, 7) is -0.0674. The van der Waals surface area contributed by atoms with Gasteiger partial charge in [-0.25, -0.2) is 0 Å². The molecule has 1 aromatic carbocycles. The van der Waals surface area contributed by atoms with Crippen LogP contribution in [0, 0.1) is 0 Å². The van der Waals surface area contributed by atoms with Gasteiger partial charge in [-0.1, -0.05) is 12.1 Å². The molecule has 0 radical (unpaired) electrons. The Hall–Kier alpha value is -2.41. The SMILES string of the molecule is NCc1ccc(C(=O)NCC(=O)NCC(N)=O)cc1. The fourth-order valence-electron chi connectivity index (χ4n) is 1.30. The molecular formula is C12H16N4O3. The third-order valence-electron chi connectivity index (χ3n) is 2.32. The molecule has 0 unspecified atom stereocenters. The van der Waals surface area contributed by atoms with Gasteiger partial charge in [-0.2, -0.15) is 0 Å². The molecule has 0 bridgehead atoms.